The van der Waals surface area contributed by atoms with Gasteiger partial charge in [-0.05, 0) is 64.2 Å². The van der Waals surface area contributed by atoms with E-state index in [2.05, 4.69) is 38.2 Å². The molecule has 0 N–H and O–H groups in total. The molecule has 45 heavy (non-hydrogen) atoms. The number of unbranched alkanes of at least 4 members (excludes halogenated alkanes) is 22. The van der Waals surface area contributed by atoms with E-state index in [0.717, 1.165) is 38.5 Å². The Kier molecular flexibility index (Phi) is 33.0. The van der Waals surface area contributed by atoms with Crippen molar-refractivity contribution in [3.8, 4) is 0 Å². The molecule has 0 saturated heterocycles. The van der Waals surface area contributed by atoms with Crippen LogP contribution in [0.3, 0.4) is 0 Å². The van der Waals surface area contributed by atoms with Gasteiger partial charge in [0.2, 0.25) is 0 Å². The van der Waals surface area contributed by atoms with Crippen LogP contribution in [0.25, 0.3) is 0 Å². The molecule has 0 spiro atoms. The van der Waals surface area contributed by atoms with Crippen LogP contribution in [0.1, 0.15) is 207 Å². The van der Waals surface area contributed by atoms with Gasteiger partial charge in [0, 0.05) is 24.9 Å². The summed E-state index contributed by atoms with van der Waals surface area (Å²) in [6.45, 7) is 8.51. The Labute approximate surface area is 282 Å². The van der Waals surface area contributed by atoms with Crippen molar-refractivity contribution in [2.45, 2.75) is 220 Å². The largest absolute Gasteiger partial charge is 0.485 e. The Morgan fingerprint density at radius 3 is 0.956 bits per heavy atom. The molecule has 0 aromatic rings. The summed E-state index contributed by atoms with van der Waals surface area (Å²) >= 11 is 0. The predicted molar refractivity (Wildman–Crippen MR) is 198 cm³/mol. The highest BCUT2D eigenvalue weighted by Gasteiger charge is 2.41. The van der Waals surface area contributed by atoms with Crippen molar-refractivity contribution in [3.63, 3.8) is 0 Å². The third kappa shape index (κ3) is 29.8. The molecule has 0 aromatic carbocycles. The van der Waals surface area contributed by atoms with Crippen molar-refractivity contribution < 1.29 is 18.4 Å². The molecule has 264 valence electrons. The predicted octanol–water partition coefficient (Wildman–Crippen LogP) is 13.6. The van der Waals surface area contributed by atoms with Crippen LogP contribution in [-0.2, 0) is 18.4 Å². The lowest BCUT2D eigenvalue weighted by atomic mass is 10.1. The minimum atomic E-state index is -2.80. The van der Waals surface area contributed by atoms with E-state index < -0.39 is 8.56 Å². The lowest BCUT2D eigenvalue weighted by Gasteiger charge is -2.27. The Morgan fingerprint density at radius 1 is 0.400 bits per heavy atom. The minimum Gasteiger partial charge on any atom is -0.485 e. The van der Waals surface area contributed by atoms with E-state index in [-0.39, 0.29) is 11.9 Å². The van der Waals surface area contributed by atoms with Crippen LogP contribution in [0.5, 0.6) is 0 Å². The van der Waals surface area contributed by atoms with E-state index >= 15 is 0 Å². The fourth-order valence-electron chi connectivity index (χ4n) is 5.76. The zero-order valence-electron chi connectivity index (χ0n) is 30.7. The first kappa shape index (κ1) is 43.6. The van der Waals surface area contributed by atoms with Crippen LogP contribution in [0.2, 0.25) is 12.1 Å². The van der Waals surface area contributed by atoms with Crippen molar-refractivity contribution in [1.29, 1.82) is 0 Å². The number of hydrogen-bond donors (Lipinski definition) is 0. The zero-order valence-corrected chi connectivity index (χ0v) is 31.7. The summed E-state index contributed by atoms with van der Waals surface area (Å²) in [6, 6.07) is 1.25. The van der Waals surface area contributed by atoms with Gasteiger partial charge in [0.25, 0.3) is 11.9 Å². The Hall–Kier alpha value is -1.36. The van der Waals surface area contributed by atoms with Gasteiger partial charge in [-0.25, -0.2) is 0 Å². The lowest BCUT2D eigenvalue weighted by Crippen LogP contribution is -2.44. The molecule has 0 atom stereocenters. The maximum absolute atomic E-state index is 12.6. The van der Waals surface area contributed by atoms with Crippen LogP contribution in [0, 0.1) is 0 Å². The average Bonchev–Trinajstić information content (AvgIpc) is 3.04. The van der Waals surface area contributed by atoms with E-state index in [1.54, 1.807) is 0 Å². The second-order valence-electron chi connectivity index (χ2n) is 13.2. The third-order valence-corrected chi connectivity index (χ3v) is 12.3. The van der Waals surface area contributed by atoms with Gasteiger partial charge in [-0.2, -0.15) is 0 Å². The Bertz CT molecular complexity index is 657. The van der Waals surface area contributed by atoms with Gasteiger partial charge in [0.05, 0.1) is 0 Å². The van der Waals surface area contributed by atoms with Crippen LogP contribution in [-0.4, -0.2) is 20.5 Å². The van der Waals surface area contributed by atoms with Crippen molar-refractivity contribution in [1.82, 2.24) is 0 Å². The molecule has 0 amide bonds. The molecule has 0 aliphatic rings. The summed E-state index contributed by atoms with van der Waals surface area (Å²) in [4.78, 5) is 25.2. The molecule has 0 rings (SSSR count). The van der Waals surface area contributed by atoms with Crippen LogP contribution in [0.4, 0.5) is 0 Å². The van der Waals surface area contributed by atoms with E-state index in [4.69, 9.17) is 8.85 Å². The molecule has 0 aliphatic carbocycles. The highest BCUT2D eigenvalue weighted by molar-refractivity contribution is 6.70. The van der Waals surface area contributed by atoms with E-state index in [1.807, 2.05) is 13.8 Å². The highest BCUT2D eigenvalue weighted by Crippen LogP contribution is 2.22. The molecule has 0 bridgehead atoms. The second kappa shape index (κ2) is 34.0. The highest BCUT2D eigenvalue weighted by atomic mass is 28.4. The number of hydrogen-bond acceptors (Lipinski definition) is 4. The second-order valence-corrected chi connectivity index (χ2v) is 16.9. The Balaban J connectivity index is 3.85. The fraction of sp³-hybridized carbons (Fsp3) is 0.850. The first-order valence-corrected chi connectivity index (χ1v) is 22.0. The summed E-state index contributed by atoms with van der Waals surface area (Å²) in [5.74, 6) is -0.367. The fourth-order valence-corrected chi connectivity index (χ4v) is 7.91. The van der Waals surface area contributed by atoms with Gasteiger partial charge >= 0.3 is 8.56 Å². The summed E-state index contributed by atoms with van der Waals surface area (Å²) < 4.78 is 11.8. The third-order valence-electron chi connectivity index (χ3n) is 8.96. The SMILES string of the molecule is CCCCCCCC/C=C\CCCCCCCC(=O)O[Si](CC)(CC)OC(=O)CCCCCCC/C=C\CCCCCCCC. The van der Waals surface area contributed by atoms with Crippen molar-refractivity contribution in [2.75, 3.05) is 0 Å². The zero-order chi connectivity index (χ0) is 33.1. The average molecular weight is 649 g/mol. The smallest absolute Gasteiger partial charge is 0.463 e. The first-order valence-electron chi connectivity index (χ1n) is 19.8. The standard InChI is InChI=1S/C40H76O4Si/c1-5-9-11-13-15-17-19-21-23-25-27-29-31-33-35-37-39(41)43-45(7-3,8-4)44-40(42)38-36-34-32-30-28-26-24-22-20-18-16-14-12-10-6-2/h21-24H,5-20,25-38H2,1-4H3/b23-21-,24-22-. The number of allylic oxidation sites excluding steroid dienone is 4. The van der Waals surface area contributed by atoms with Gasteiger partial charge in [-0.3, -0.25) is 9.59 Å². The van der Waals surface area contributed by atoms with E-state index in [9.17, 15) is 9.59 Å². The number of carbonyl (C=O) groups is 2. The van der Waals surface area contributed by atoms with Crippen molar-refractivity contribution in [2.24, 2.45) is 0 Å². The van der Waals surface area contributed by atoms with Crippen LogP contribution >= 0.6 is 0 Å². The Morgan fingerprint density at radius 2 is 0.667 bits per heavy atom. The molecule has 5 heteroatoms. The molecule has 0 aromatic heterocycles. The molecule has 4 nitrogen and oxygen atoms in total. The summed E-state index contributed by atoms with van der Waals surface area (Å²) in [5, 5.41) is 0. The molecule has 0 saturated carbocycles. The molecule has 0 fully saturated rings. The number of carbonyl (C=O) groups excluding carboxylic acids is 2. The number of rotatable bonds is 34. The lowest BCUT2D eigenvalue weighted by molar-refractivity contribution is -0.141. The van der Waals surface area contributed by atoms with Gasteiger partial charge in [0.15, 0.2) is 0 Å². The topological polar surface area (TPSA) is 52.6 Å². The molecule has 0 aliphatic heterocycles. The van der Waals surface area contributed by atoms with Gasteiger partial charge in [0.1, 0.15) is 0 Å². The first-order chi connectivity index (χ1) is 22.0. The van der Waals surface area contributed by atoms with Crippen LogP contribution in [0.15, 0.2) is 24.3 Å². The van der Waals surface area contributed by atoms with E-state index in [1.165, 1.54) is 128 Å². The quantitative estimate of drug-likeness (QED) is 0.0396. The van der Waals surface area contributed by atoms with Gasteiger partial charge in [-0.1, -0.05) is 155 Å². The summed E-state index contributed by atoms with van der Waals surface area (Å²) in [6.07, 6.45) is 42.4. The molecule has 0 unspecified atom stereocenters. The molecule has 0 radical (unpaired) electrons. The monoisotopic (exact) mass is 649 g/mol. The summed E-state index contributed by atoms with van der Waals surface area (Å²) in [5.41, 5.74) is 0. The van der Waals surface area contributed by atoms with Crippen molar-refractivity contribution in [3.05, 3.63) is 24.3 Å². The summed E-state index contributed by atoms with van der Waals surface area (Å²) in [7, 11) is -2.80. The van der Waals surface area contributed by atoms with Crippen LogP contribution < -0.4 is 0 Å². The maximum Gasteiger partial charge on any atom is 0.463 e. The normalized spacial score (nSPS) is 12.0. The molecule has 0 heterocycles. The maximum atomic E-state index is 12.6. The van der Waals surface area contributed by atoms with Gasteiger partial charge < -0.3 is 8.85 Å². The molecular formula is C40H76O4Si. The van der Waals surface area contributed by atoms with Crippen molar-refractivity contribution >= 4 is 20.5 Å². The molecular weight excluding hydrogens is 573 g/mol. The minimum absolute atomic E-state index is 0.184. The van der Waals surface area contributed by atoms with E-state index in [0.29, 0.717) is 24.9 Å². The van der Waals surface area contributed by atoms with Gasteiger partial charge in [-0.15, -0.1) is 0 Å².